The van der Waals surface area contributed by atoms with Crippen LogP contribution in [0, 0.1) is 0 Å². The molecule has 0 aromatic heterocycles. The van der Waals surface area contributed by atoms with Crippen molar-refractivity contribution in [1.82, 2.24) is 21.0 Å². The van der Waals surface area contributed by atoms with E-state index in [2.05, 4.69) is 20.8 Å². The van der Waals surface area contributed by atoms with E-state index in [4.69, 9.17) is 28.4 Å². The van der Waals surface area contributed by atoms with Crippen molar-refractivity contribution in [2.45, 2.75) is 206 Å². The molecule has 0 aliphatic carbocycles. The summed E-state index contributed by atoms with van der Waals surface area (Å²) in [7, 11) is 0. The molecule has 1 saturated heterocycles. The number of rotatable bonds is 42. The molecule has 0 radical (unpaired) electrons. The van der Waals surface area contributed by atoms with Crippen LogP contribution in [0.3, 0.4) is 0 Å². The first kappa shape index (κ1) is 62.8. The highest BCUT2D eigenvalue weighted by atomic mass is 16.7. The maximum atomic E-state index is 12.9. The first-order valence-corrected chi connectivity index (χ1v) is 25.5. The van der Waals surface area contributed by atoms with Crippen molar-refractivity contribution in [3.63, 3.8) is 0 Å². The summed E-state index contributed by atoms with van der Waals surface area (Å²) in [6, 6.07) is -0.840. The van der Waals surface area contributed by atoms with Gasteiger partial charge in [0.15, 0.2) is 0 Å². The van der Waals surface area contributed by atoms with Gasteiger partial charge in [0, 0.05) is 45.2 Å². The molecular weight excluding hydrogens is 897 g/mol. The summed E-state index contributed by atoms with van der Waals surface area (Å²) in [6.07, 6.45) is 20.2. The van der Waals surface area contributed by atoms with Crippen molar-refractivity contribution >= 4 is 47.4 Å². The van der Waals surface area contributed by atoms with Crippen LogP contribution in [-0.2, 0) is 71.6 Å². The van der Waals surface area contributed by atoms with Gasteiger partial charge in [0.1, 0.15) is 30.5 Å². The number of hydroxylamine groups is 2. The summed E-state index contributed by atoms with van der Waals surface area (Å²) in [5.41, 5.74) is -1.12. The number of nitrogens with one attached hydrogen (secondary N) is 3. The Kier molecular flexibility index (Phi) is 35.1. The second-order valence-corrected chi connectivity index (χ2v) is 19.4. The van der Waals surface area contributed by atoms with E-state index in [1.807, 2.05) is 20.8 Å². The number of hydrogen-bond donors (Lipinski definition) is 3. The zero-order chi connectivity index (χ0) is 51.2. The van der Waals surface area contributed by atoms with Crippen LogP contribution in [0.25, 0.3) is 0 Å². The highest BCUT2D eigenvalue weighted by Gasteiger charge is 2.33. The summed E-state index contributed by atoms with van der Waals surface area (Å²) in [5, 5.41) is 8.69. The second-order valence-electron chi connectivity index (χ2n) is 19.4. The fourth-order valence-corrected chi connectivity index (χ4v) is 6.99. The third kappa shape index (κ3) is 38.3. The largest absolute Gasteiger partial charge is 0.460 e. The highest BCUT2D eigenvalue weighted by Crippen LogP contribution is 2.17. The van der Waals surface area contributed by atoms with Gasteiger partial charge in [-0.25, -0.2) is 9.59 Å². The third-order valence-corrected chi connectivity index (χ3v) is 10.4. The van der Waals surface area contributed by atoms with Crippen molar-refractivity contribution in [3.8, 4) is 0 Å². The van der Waals surface area contributed by atoms with Crippen LogP contribution < -0.4 is 16.0 Å². The molecule has 398 valence electrons. The topological polar surface area (TPSA) is 240 Å². The third-order valence-electron chi connectivity index (χ3n) is 10.4. The Morgan fingerprint density at radius 2 is 0.899 bits per heavy atom. The molecule has 0 saturated carbocycles. The molecule has 1 aliphatic rings. The number of carbonyl (C=O) groups is 8. The average molecular weight is 985 g/mol. The van der Waals surface area contributed by atoms with Crippen LogP contribution in [0.5, 0.6) is 0 Å². The summed E-state index contributed by atoms with van der Waals surface area (Å²) in [5.74, 6) is -3.37. The van der Waals surface area contributed by atoms with Crippen molar-refractivity contribution in [3.05, 3.63) is 0 Å². The van der Waals surface area contributed by atoms with Gasteiger partial charge in [-0.2, -0.15) is 0 Å². The van der Waals surface area contributed by atoms with E-state index in [9.17, 15) is 38.4 Å². The van der Waals surface area contributed by atoms with Gasteiger partial charge in [-0.1, -0.05) is 89.9 Å². The minimum Gasteiger partial charge on any atom is -0.460 e. The minimum absolute atomic E-state index is 0.00620. The van der Waals surface area contributed by atoms with Crippen molar-refractivity contribution in [1.29, 1.82) is 0 Å². The molecule has 0 aromatic rings. The fourth-order valence-electron chi connectivity index (χ4n) is 6.99. The molecule has 1 rings (SSSR count). The first-order chi connectivity index (χ1) is 32.9. The lowest BCUT2D eigenvalue weighted by Crippen LogP contribution is -2.44. The summed E-state index contributed by atoms with van der Waals surface area (Å²) in [6.45, 7) is 11.9. The Hall–Kier alpha value is -4.20. The van der Waals surface area contributed by atoms with Crippen LogP contribution in [0.2, 0.25) is 0 Å². The van der Waals surface area contributed by atoms with Gasteiger partial charge < -0.3 is 49.2 Å². The summed E-state index contributed by atoms with van der Waals surface area (Å²) in [4.78, 5) is 101. The number of unbranched alkanes of at least 4 members (excludes halogenated alkanes) is 15. The van der Waals surface area contributed by atoms with Gasteiger partial charge in [0.25, 0.3) is 11.8 Å². The molecule has 3 N–H and O–H groups in total. The van der Waals surface area contributed by atoms with E-state index in [-0.39, 0.29) is 109 Å². The van der Waals surface area contributed by atoms with Gasteiger partial charge in [-0.15, -0.1) is 5.06 Å². The Bertz CT molecular complexity index is 1480. The van der Waals surface area contributed by atoms with Crippen LogP contribution >= 0.6 is 0 Å². The van der Waals surface area contributed by atoms with E-state index in [0.29, 0.717) is 24.3 Å². The van der Waals surface area contributed by atoms with Crippen LogP contribution in [0.4, 0.5) is 0 Å². The van der Waals surface area contributed by atoms with E-state index >= 15 is 0 Å². The summed E-state index contributed by atoms with van der Waals surface area (Å²) >= 11 is 0. The molecule has 0 bridgehead atoms. The SMILES string of the molecule is CC(C)(C)OC(=O)CCCCCCCCCCCCCCCCCCC(=O)N[C@@H](CCCC(=O)NCCOCCOCC(=O)NCCOCCOCC(=O)ON1C(=O)CCC1=O)C(=O)OC(C)(C)C. The molecule has 0 spiro atoms. The average Bonchev–Trinajstić information content (AvgIpc) is 3.58. The van der Waals surface area contributed by atoms with Gasteiger partial charge in [0.05, 0.1) is 39.6 Å². The Morgan fingerprint density at radius 1 is 0.478 bits per heavy atom. The molecule has 5 amide bonds. The lowest BCUT2D eigenvalue weighted by atomic mass is 10.0. The zero-order valence-electron chi connectivity index (χ0n) is 43.0. The number of amides is 5. The van der Waals surface area contributed by atoms with Crippen molar-refractivity contribution in [2.75, 3.05) is 65.9 Å². The van der Waals surface area contributed by atoms with E-state index < -0.39 is 47.6 Å². The molecule has 19 nitrogen and oxygen atoms in total. The molecule has 1 atom stereocenters. The molecule has 1 fully saturated rings. The standard InChI is InChI=1S/C50H88N4O15/c1-49(2,3)67-46(60)27-22-20-18-16-14-12-10-8-7-9-11-13-15-17-19-21-25-42(56)53-40(48(62)68-50(4,5)6)24-23-26-41(55)51-30-32-63-34-36-65-38-43(57)52-31-33-64-35-37-66-39-47(61)69-54-44(58)28-29-45(54)59/h40H,7-39H2,1-6H3,(H,51,55)(H,52,57)(H,53,56)/t40-/m0/s1. The molecule has 1 heterocycles. The number of hydrogen-bond acceptors (Lipinski definition) is 15. The number of ether oxygens (including phenoxy) is 6. The van der Waals surface area contributed by atoms with Gasteiger partial charge >= 0.3 is 17.9 Å². The molecular formula is C50H88N4O15. The highest BCUT2D eigenvalue weighted by molar-refractivity contribution is 6.01. The first-order valence-electron chi connectivity index (χ1n) is 25.5. The predicted octanol–water partition coefficient (Wildman–Crippen LogP) is 6.25. The molecule has 69 heavy (non-hydrogen) atoms. The summed E-state index contributed by atoms with van der Waals surface area (Å²) < 4.78 is 32.1. The Balaban J connectivity index is 2.03. The van der Waals surface area contributed by atoms with E-state index in [1.54, 1.807) is 20.8 Å². The maximum Gasteiger partial charge on any atom is 0.358 e. The molecule has 19 heteroatoms. The molecule has 0 unspecified atom stereocenters. The van der Waals surface area contributed by atoms with Gasteiger partial charge in [-0.05, 0) is 67.2 Å². The van der Waals surface area contributed by atoms with Gasteiger partial charge in [-0.3, -0.25) is 28.8 Å². The fraction of sp³-hybridized carbons (Fsp3) is 0.840. The number of esters is 2. The molecule has 0 aromatic carbocycles. The number of carbonyl (C=O) groups excluding carboxylic acids is 8. The van der Waals surface area contributed by atoms with Crippen LogP contribution in [0.1, 0.15) is 189 Å². The van der Waals surface area contributed by atoms with Crippen molar-refractivity contribution < 1.29 is 71.6 Å². The van der Waals surface area contributed by atoms with Gasteiger partial charge in [0.2, 0.25) is 17.7 Å². The quantitative estimate of drug-likeness (QED) is 0.0348. The zero-order valence-corrected chi connectivity index (χ0v) is 43.0. The van der Waals surface area contributed by atoms with E-state index in [0.717, 1.165) is 38.5 Å². The van der Waals surface area contributed by atoms with Crippen molar-refractivity contribution in [2.24, 2.45) is 0 Å². The van der Waals surface area contributed by atoms with Crippen LogP contribution in [0.15, 0.2) is 0 Å². The number of imide groups is 1. The lowest BCUT2D eigenvalue weighted by Gasteiger charge is -2.24. The predicted molar refractivity (Wildman–Crippen MR) is 257 cm³/mol. The smallest absolute Gasteiger partial charge is 0.358 e. The maximum absolute atomic E-state index is 12.9. The Morgan fingerprint density at radius 3 is 1.39 bits per heavy atom. The normalized spacial score (nSPS) is 13.3. The van der Waals surface area contributed by atoms with Crippen LogP contribution in [-0.4, -0.2) is 136 Å². The minimum atomic E-state index is -0.873. The second kappa shape index (κ2) is 38.5. The number of nitrogens with zero attached hydrogens (tertiary/aromatic N) is 1. The Labute approximate surface area is 411 Å². The lowest BCUT2D eigenvalue weighted by molar-refractivity contribution is -0.200. The van der Waals surface area contributed by atoms with E-state index in [1.165, 1.54) is 64.2 Å². The monoisotopic (exact) mass is 985 g/mol. The molecule has 1 aliphatic heterocycles.